The lowest BCUT2D eigenvalue weighted by Gasteiger charge is -2.09. The standard InChI is InChI=1S/C20H13ClF2N2/c21-15-8-4-13(5-9-15)12-25-20(14-6-10-16(22)11-7-14)17-2-1-3-18(23)19(17)24-25/h1-11H,12H2. The zero-order valence-corrected chi connectivity index (χ0v) is 13.8. The molecule has 0 aliphatic carbocycles. The number of hydrogen-bond acceptors (Lipinski definition) is 1. The molecule has 0 fully saturated rings. The van der Waals surface area contributed by atoms with E-state index in [0.717, 1.165) is 16.8 Å². The van der Waals surface area contributed by atoms with Crippen LogP contribution in [-0.2, 0) is 6.54 Å². The molecule has 0 spiro atoms. The molecule has 4 aromatic rings. The Hall–Kier alpha value is -2.72. The maximum absolute atomic E-state index is 14.2. The van der Waals surface area contributed by atoms with E-state index in [1.807, 2.05) is 18.2 Å². The molecule has 0 bridgehead atoms. The van der Waals surface area contributed by atoms with E-state index in [-0.39, 0.29) is 11.6 Å². The summed E-state index contributed by atoms with van der Waals surface area (Å²) in [5.74, 6) is -0.696. The first kappa shape index (κ1) is 15.8. The summed E-state index contributed by atoms with van der Waals surface area (Å²) >= 11 is 5.93. The minimum Gasteiger partial charge on any atom is -0.259 e. The van der Waals surface area contributed by atoms with E-state index in [1.54, 1.807) is 35.0 Å². The van der Waals surface area contributed by atoms with Gasteiger partial charge in [0, 0.05) is 16.0 Å². The smallest absolute Gasteiger partial charge is 0.151 e. The first-order chi connectivity index (χ1) is 12.1. The fraction of sp³-hybridized carbons (Fsp3) is 0.0500. The first-order valence-electron chi connectivity index (χ1n) is 7.77. The summed E-state index contributed by atoms with van der Waals surface area (Å²) in [4.78, 5) is 0. The highest BCUT2D eigenvalue weighted by Gasteiger charge is 2.16. The number of halogens is 3. The Morgan fingerprint density at radius 3 is 2.32 bits per heavy atom. The van der Waals surface area contributed by atoms with Gasteiger partial charge in [-0.3, -0.25) is 4.68 Å². The normalized spacial score (nSPS) is 11.2. The first-order valence-corrected chi connectivity index (χ1v) is 8.15. The minimum absolute atomic E-state index is 0.302. The average molecular weight is 355 g/mol. The van der Waals surface area contributed by atoms with Crippen LogP contribution in [0, 0.1) is 11.6 Å². The second-order valence-electron chi connectivity index (χ2n) is 5.78. The Morgan fingerprint density at radius 1 is 0.880 bits per heavy atom. The highest BCUT2D eigenvalue weighted by molar-refractivity contribution is 6.30. The van der Waals surface area contributed by atoms with Crippen LogP contribution in [0.25, 0.3) is 22.2 Å². The van der Waals surface area contributed by atoms with Crippen molar-refractivity contribution in [3.63, 3.8) is 0 Å². The van der Waals surface area contributed by atoms with Gasteiger partial charge in [-0.15, -0.1) is 0 Å². The number of fused-ring (bicyclic) bond motifs is 1. The van der Waals surface area contributed by atoms with Crippen molar-refractivity contribution in [2.24, 2.45) is 0 Å². The van der Waals surface area contributed by atoms with Crippen molar-refractivity contribution in [2.75, 3.05) is 0 Å². The van der Waals surface area contributed by atoms with Crippen LogP contribution in [0.15, 0.2) is 66.7 Å². The van der Waals surface area contributed by atoms with E-state index in [9.17, 15) is 8.78 Å². The predicted octanol–water partition coefficient (Wildman–Crippen LogP) is 5.68. The molecule has 1 aromatic heterocycles. The van der Waals surface area contributed by atoms with Crippen molar-refractivity contribution < 1.29 is 8.78 Å². The van der Waals surface area contributed by atoms with Gasteiger partial charge >= 0.3 is 0 Å². The monoisotopic (exact) mass is 354 g/mol. The summed E-state index contributed by atoms with van der Waals surface area (Å²) in [6.45, 7) is 0.456. The van der Waals surface area contributed by atoms with Crippen LogP contribution in [0.1, 0.15) is 5.56 Å². The van der Waals surface area contributed by atoms with Crippen LogP contribution >= 0.6 is 11.6 Å². The molecule has 0 aliphatic rings. The fourth-order valence-corrected chi connectivity index (χ4v) is 3.03. The molecule has 3 aromatic carbocycles. The van der Waals surface area contributed by atoms with Crippen LogP contribution in [0.3, 0.4) is 0 Å². The number of aromatic nitrogens is 2. The summed E-state index contributed by atoms with van der Waals surface area (Å²) in [7, 11) is 0. The molecule has 0 unspecified atom stereocenters. The van der Waals surface area contributed by atoms with Gasteiger partial charge in [-0.05, 0) is 48.0 Å². The largest absolute Gasteiger partial charge is 0.259 e. The summed E-state index contributed by atoms with van der Waals surface area (Å²) in [5.41, 5.74) is 2.82. The van der Waals surface area contributed by atoms with Gasteiger partial charge in [0.1, 0.15) is 11.3 Å². The van der Waals surface area contributed by atoms with E-state index in [1.165, 1.54) is 18.2 Å². The Bertz CT molecular complexity index is 1040. The summed E-state index contributed by atoms with van der Waals surface area (Å²) in [6, 6.07) is 18.4. The Balaban J connectivity index is 1.90. The molecular weight excluding hydrogens is 342 g/mol. The van der Waals surface area contributed by atoms with Crippen LogP contribution in [0.2, 0.25) is 5.02 Å². The van der Waals surface area contributed by atoms with Crippen molar-refractivity contribution in [2.45, 2.75) is 6.54 Å². The van der Waals surface area contributed by atoms with Crippen molar-refractivity contribution in [3.05, 3.63) is 89.0 Å². The van der Waals surface area contributed by atoms with Gasteiger partial charge in [0.2, 0.25) is 0 Å². The van der Waals surface area contributed by atoms with Crippen molar-refractivity contribution >= 4 is 22.5 Å². The zero-order chi connectivity index (χ0) is 17.4. The van der Waals surface area contributed by atoms with Crippen LogP contribution < -0.4 is 0 Å². The van der Waals surface area contributed by atoms with Gasteiger partial charge in [0.25, 0.3) is 0 Å². The van der Waals surface area contributed by atoms with Crippen molar-refractivity contribution in [1.29, 1.82) is 0 Å². The minimum atomic E-state index is -0.379. The second-order valence-corrected chi connectivity index (χ2v) is 6.21. The molecule has 0 amide bonds. The molecule has 2 nitrogen and oxygen atoms in total. The van der Waals surface area contributed by atoms with E-state index >= 15 is 0 Å². The van der Waals surface area contributed by atoms with Gasteiger partial charge in [0.05, 0.1) is 12.2 Å². The Morgan fingerprint density at radius 2 is 1.60 bits per heavy atom. The third-order valence-electron chi connectivity index (χ3n) is 4.08. The predicted molar refractivity (Wildman–Crippen MR) is 95.6 cm³/mol. The lowest BCUT2D eigenvalue weighted by Crippen LogP contribution is -2.03. The molecule has 5 heteroatoms. The molecule has 0 saturated heterocycles. The van der Waals surface area contributed by atoms with Crippen LogP contribution in [-0.4, -0.2) is 9.78 Å². The van der Waals surface area contributed by atoms with Crippen molar-refractivity contribution in [1.82, 2.24) is 9.78 Å². The van der Waals surface area contributed by atoms with Crippen LogP contribution in [0.5, 0.6) is 0 Å². The lowest BCUT2D eigenvalue weighted by atomic mass is 10.1. The Labute approximate surface area is 148 Å². The highest BCUT2D eigenvalue weighted by atomic mass is 35.5. The van der Waals surface area contributed by atoms with Gasteiger partial charge < -0.3 is 0 Å². The fourth-order valence-electron chi connectivity index (χ4n) is 2.91. The van der Waals surface area contributed by atoms with Gasteiger partial charge in [-0.1, -0.05) is 35.9 Å². The van der Waals surface area contributed by atoms with Crippen LogP contribution in [0.4, 0.5) is 8.78 Å². The van der Waals surface area contributed by atoms with E-state index in [2.05, 4.69) is 5.10 Å². The number of rotatable bonds is 3. The molecule has 0 saturated carbocycles. The van der Waals surface area contributed by atoms with E-state index in [4.69, 9.17) is 11.6 Å². The number of hydrogen-bond donors (Lipinski definition) is 0. The van der Waals surface area contributed by atoms with Gasteiger partial charge in [-0.2, -0.15) is 5.10 Å². The Kier molecular flexibility index (Phi) is 3.98. The maximum atomic E-state index is 14.2. The maximum Gasteiger partial charge on any atom is 0.151 e. The SMILES string of the molecule is Fc1ccc(-c2c3cccc(F)c3nn2Cc2ccc(Cl)cc2)cc1. The van der Waals surface area contributed by atoms with Gasteiger partial charge in [-0.25, -0.2) is 8.78 Å². The number of nitrogens with zero attached hydrogens (tertiary/aromatic N) is 2. The van der Waals surface area contributed by atoms with Crippen molar-refractivity contribution in [3.8, 4) is 11.3 Å². The van der Waals surface area contributed by atoms with E-state index < -0.39 is 0 Å². The molecule has 1 heterocycles. The zero-order valence-electron chi connectivity index (χ0n) is 13.1. The summed E-state index contributed by atoms with van der Waals surface area (Å²) in [6.07, 6.45) is 0. The van der Waals surface area contributed by atoms with Gasteiger partial charge in [0.15, 0.2) is 5.82 Å². The quantitative estimate of drug-likeness (QED) is 0.462. The molecule has 4 rings (SSSR count). The molecule has 0 N–H and O–H groups in total. The molecule has 0 aliphatic heterocycles. The third-order valence-corrected chi connectivity index (χ3v) is 4.34. The van der Waals surface area contributed by atoms with E-state index in [0.29, 0.717) is 22.5 Å². The summed E-state index contributed by atoms with van der Waals surface area (Å²) < 4.78 is 29.2. The second kappa shape index (κ2) is 6.30. The molecule has 25 heavy (non-hydrogen) atoms. The topological polar surface area (TPSA) is 17.8 Å². The lowest BCUT2D eigenvalue weighted by molar-refractivity contribution is 0.627. The third kappa shape index (κ3) is 3.01. The molecule has 124 valence electrons. The summed E-state index contributed by atoms with van der Waals surface area (Å²) in [5, 5.41) is 5.79. The highest BCUT2D eigenvalue weighted by Crippen LogP contribution is 2.31. The molecule has 0 radical (unpaired) electrons. The number of benzene rings is 3. The molecular formula is C20H13ClF2N2. The molecule has 0 atom stereocenters. The average Bonchev–Trinajstić information content (AvgIpc) is 2.97.